The molecule has 0 saturated carbocycles. The Bertz CT molecular complexity index is 960. The number of rotatable bonds is 10. The molecule has 1 heterocycles. The van der Waals surface area contributed by atoms with E-state index in [1.54, 1.807) is 45.3 Å². The summed E-state index contributed by atoms with van der Waals surface area (Å²) in [5, 5.41) is 7.84. The number of nitrogens with one attached hydrogen (secondary N) is 3. The van der Waals surface area contributed by atoms with Crippen LogP contribution in [0.15, 0.2) is 54.9 Å². The molecule has 34 heavy (non-hydrogen) atoms. The molecule has 0 radical (unpaired) electrons. The van der Waals surface area contributed by atoms with Gasteiger partial charge in [0.2, 0.25) is 11.8 Å². The predicted molar refractivity (Wildman–Crippen MR) is 127 cm³/mol. The maximum absolute atomic E-state index is 13.0. The van der Waals surface area contributed by atoms with Gasteiger partial charge in [0.1, 0.15) is 25.0 Å². The van der Waals surface area contributed by atoms with Crippen molar-refractivity contribution >= 4 is 24.2 Å². The first-order valence-electron chi connectivity index (χ1n) is 11.0. The first-order valence-corrected chi connectivity index (χ1v) is 11.0. The summed E-state index contributed by atoms with van der Waals surface area (Å²) >= 11 is 0. The highest BCUT2D eigenvalue weighted by atomic mass is 16.5. The molecule has 9 nitrogen and oxygen atoms in total. The van der Waals surface area contributed by atoms with Gasteiger partial charge in [0.05, 0.1) is 6.04 Å². The summed E-state index contributed by atoms with van der Waals surface area (Å²) in [7, 11) is 0. The Morgan fingerprint density at radius 3 is 2.24 bits per heavy atom. The molecule has 0 saturated heterocycles. The number of ether oxygens (including phenoxy) is 1. The molecule has 3 atom stereocenters. The number of alkyl carbamates (subject to hydrolysis) is 1. The van der Waals surface area contributed by atoms with Gasteiger partial charge in [-0.05, 0) is 30.4 Å². The molecule has 0 aliphatic heterocycles. The molecule has 9 heteroatoms. The summed E-state index contributed by atoms with van der Waals surface area (Å²) in [5.74, 6) is -1.04. The number of benzene rings is 1. The lowest BCUT2D eigenvalue weighted by Gasteiger charge is -2.32. The number of hydrogen-bond acceptors (Lipinski definition) is 6. The second-order valence-electron chi connectivity index (χ2n) is 9.05. The van der Waals surface area contributed by atoms with Crippen molar-refractivity contribution in [1.29, 1.82) is 0 Å². The van der Waals surface area contributed by atoms with E-state index in [9.17, 15) is 19.2 Å². The van der Waals surface area contributed by atoms with Crippen LogP contribution in [0.1, 0.15) is 38.8 Å². The van der Waals surface area contributed by atoms with E-state index in [0.717, 1.165) is 5.56 Å². The van der Waals surface area contributed by atoms with Crippen LogP contribution in [-0.2, 0) is 32.1 Å². The Balaban J connectivity index is 1.94. The normalized spacial score (nSPS) is 13.6. The number of aldehydes is 1. The fourth-order valence-corrected chi connectivity index (χ4v) is 3.13. The molecule has 3 N–H and O–H groups in total. The lowest BCUT2D eigenvalue weighted by atomic mass is 9.85. The topological polar surface area (TPSA) is 126 Å². The minimum Gasteiger partial charge on any atom is -0.445 e. The highest BCUT2D eigenvalue weighted by molar-refractivity contribution is 5.92. The van der Waals surface area contributed by atoms with Gasteiger partial charge < -0.3 is 25.5 Å². The van der Waals surface area contributed by atoms with Gasteiger partial charge in [0.15, 0.2) is 0 Å². The van der Waals surface area contributed by atoms with Crippen molar-refractivity contribution in [2.24, 2.45) is 5.41 Å². The van der Waals surface area contributed by atoms with Gasteiger partial charge in [0.25, 0.3) is 0 Å². The van der Waals surface area contributed by atoms with Crippen LogP contribution < -0.4 is 16.0 Å². The third kappa shape index (κ3) is 8.65. The van der Waals surface area contributed by atoms with E-state index in [1.807, 2.05) is 30.3 Å². The van der Waals surface area contributed by atoms with Gasteiger partial charge in [-0.2, -0.15) is 0 Å². The Labute approximate surface area is 199 Å². The van der Waals surface area contributed by atoms with E-state index in [0.29, 0.717) is 18.3 Å². The molecule has 182 valence electrons. The first kappa shape index (κ1) is 26.5. The molecule has 2 aromatic rings. The van der Waals surface area contributed by atoms with Crippen LogP contribution in [0, 0.1) is 5.41 Å². The third-order valence-electron chi connectivity index (χ3n) is 5.03. The van der Waals surface area contributed by atoms with E-state index in [4.69, 9.17) is 4.74 Å². The number of carbonyl (C=O) groups is 4. The number of carbonyl (C=O) groups excluding carboxylic acids is 4. The molecule has 1 aromatic carbocycles. The van der Waals surface area contributed by atoms with Crippen molar-refractivity contribution in [3.05, 3.63) is 66.0 Å². The van der Waals surface area contributed by atoms with Crippen molar-refractivity contribution in [2.45, 2.75) is 58.8 Å². The fourth-order valence-electron chi connectivity index (χ4n) is 3.13. The smallest absolute Gasteiger partial charge is 0.408 e. The zero-order valence-electron chi connectivity index (χ0n) is 19.9. The Morgan fingerprint density at radius 1 is 0.971 bits per heavy atom. The van der Waals surface area contributed by atoms with Crippen molar-refractivity contribution in [2.75, 3.05) is 0 Å². The highest BCUT2D eigenvalue weighted by Gasteiger charge is 2.35. The van der Waals surface area contributed by atoms with Gasteiger partial charge >= 0.3 is 6.09 Å². The second kappa shape index (κ2) is 12.5. The SMILES string of the molecule is C[C@H](NC(=O)OCc1cccnc1)C(=O)N[C@H](C(=O)NC(C=O)Cc1ccccc1)C(C)(C)C. The van der Waals surface area contributed by atoms with E-state index in [2.05, 4.69) is 20.9 Å². The zero-order chi connectivity index (χ0) is 25.1. The number of nitrogens with zero attached hydrogens (tertiary/aromatic N) is 1. The summed E-state index contributed by atoms with van der Waals surface area (Å²) < 4.78 is 5.10. The lowest BCUT2D eigenvalue weighted by molar-refractivity contribution is -0.133. The molecule has 0 aliphatic rings. The molecule has 3 amide bonds. The summed E-state index contributed by atoms with van der Waals surface area (Å²) in [6.07, 6.45) is 3.42. The van der Waals surface area contributed by atoms with E-state index in [-0.39, 0.29) is 6.61 Å². The van der Waals surface area contributed by atoms with Crippen molar-refractivity contribution in [3.8, 4) is 0 Å². The molecule has 1 aromatic heterocycles. The van der Waals surface area contributed by atoms with Gasteiger partial charge in [0, 0.05) is 18.0 Å². The van der Waals surface area contributed by atoms with Gasteiger partial charge in [-0.15, -0.1) is 0 Å². The molecule has 0 fully saturated rings. The minimum atomic E-state index is -0.953. The maximum Gasteiger partial charge on any atom is 0.408 e. The molecule has 2 rings (SSSR count). The second-order valence-corrected chi connectivity index (χ2v) is 9.05. The highest BCUT2D eigenvalue weighted by Crippen LogP contribution is 2.20. The number of hydrogen-bond donors (Lipinski definition) is 3. The van der Waals surface area contributed by atoms with Crippen LogP contribution in [0.4, 0.5) is 4.79 Å². The monoisotopic (exact) mass is 468 g/mol. The fraction of sp³-hybridized carbons (Fsp3) is 0.400. The summed E-state index contributed by atoms with van der Waals surface area (Å²) in [6, 6.07) is 10.2. The van der Waals surface area contributed by atoms with Crippen LogP contribution in [0.2, 0.25) is 0 Å². The van der Waals surface area contributed by atoms with Gasteiger partial charge in [-0.3, -0.25) is 14.6 Å². The van der Waals surface area contributed by atoms with Crippen molar-refractivity contribution in [1.82, 2.24) is 20.9 Å². The Hall–Kier alpha value is -3.75. The third-order valence-corrected chi connectivity index (χ3v) is 5.03. The van der Waals surface area contributed by atoms with Crippen molar-refractivity contribution in [3.63, 3.8) is 0 Å². The summed E-state index contributed by atoms with van der Waals surface area (Å²) in [5.41, 5.74) is 0.957. The molecule has 1 unspecified atom stereocenters. The number of aromatic nitrogens is 1. The Kier molecular flexibility index (Phi) is 9.73. The van der Waals surface area contributed by atoms with Gasteiger partial charge in [-0.1, -0.05) is 57.2 Å². The van der Waals surface area contributed by atoms with E-state index >= 15 is 0 Å². The standard InChI is InChI=1S/C25H32N4O5/c1-17(27-24(33)34-16-19-11-8-12-26-14-19)22(31)29-21(25(2,3)4)23(32)28-20(15-30)13-18-9-6-5-7-10-18/h5-12,14-15,17,20-21H,13,16H2,1-4H3,(H,27,33)(H,28,32)(H,29,31)/t17-,20?,21+/m0/s1. The van der Waals surface area contributed by atoms with Crippen LogP contribution in [0.3, 0.4) is 0 Å². The van der Waals surface area contributed by atoms with Crippen LogP contribution >= 0.6 is 0 Å². The van der Waals surface area contributed by atoms with E-state index < -0.39 is 41.4 Å². The predicted octanol–water partition coefficient (Wildman–Crippen LogP) is 2.15. The largest absolute Gasteiger partial charge is 0.445 e. The maximum atomic E-state index is 13.0. The van der Waals surface area contributed by atoms with Crippen molar-refractivity contribution < 1.29 is 23.9 Å². The van der Waals surface area contributed by atoms with E-state index in [1.165, 1.54) is 6.92 Å². The van der Waals surface area contributed by atoms with Crippen LogP contribution in [0.25, 0.3) is 0 Å². The molecule has 0 spiro atoms. The zero-order valence-corrected chi connectivity index (χ0v) is 19.9. The number of pyridine rings is 1. The van der Waals surface area contributed by atoms with Crippen LogP contribution in [0.5, 0.6) is 0 Å². The molecular formula is C25H32N4O5. The molecule has 0 aliphatic carbocycles. The Morgan fingerprint density at radius 2 is 1.65 bits per heavy atom. The number of amides is 3. The average molecular weight is 469 g/mol. The first-order chi connectivity index (χ1) is 16.1. The minimum absolute atomic E-state index is 0.00946. The summed E-state index contributed by atoms with van der Waals surface area (Å²) in [6.45, 7) is 6.89. The van der Waals surface area contributed by atoms with Gasteiger partial charge in [-0.25, -0.2) is 4.79 Å². The molecule has 0 bridgehead atoms. The quantitative estimate of drug-likeness (QED) is 0.459. The molecular weight excluding hydrogens is 436 g/mol. The average Bonchev–Trinajstić information content (AvgIpc) is 2.81. The van der Waals surface area contributed by atoms with Crippen LogP contribution in [-0.4, -0.2) is 47.3 Å². The lowest BCUT2D eigenvalue weighted by Crippen LogP contribution is -2.58. The summed E-state index contributed by atoms with van der Waals surface area (Å²) in [4.78, 5) is 53.3.